The zero-order valence-electron chi connectivity index (χ0n) is 6.22. The standard InChI is InChI=1S/C7H15OP/c1-9(2)6-7(5-8)3-4-7/h8H,3-6H2,1-2H3. The molecule has 1 N–H and O–H groups in total. The third-order valence-corrected chi connectivity index (χ3v) is 3.25. The fourth-order valence-electron chi connectivity index (χ4n) is 1.21. The van der Waals surface area contributed by atoms with Crippen LogP contribution in [0.25, 0.3) is 0 Å². The Hall–Kier alpha value is 0.390. The molecule has 0 aliphatic heterocycles. The molecule has 0 bridgehead atoms. The minimum Gasteiger partial charge on any atom is -0.396 e. The maximum atomic E-state index is 8.92. The summed E-state index contributed by atoms with van der Waals surface area (Å²) in [6.45, 7) is 4.99. The van der Waals surface area contributed by atoms with Gasteiger partial charge in [-0.2, -0.15) is 0 Å². The van der Waals surface area contributed by atoms with Gasteiger partial charge in [-0.25, -0.2) is 0 Å². The zero-order valence-corrected chi connectivity index (χ0v) is 7.12. The molecule has 1 aliphatic rings. The van der Waals surface area contributed by atoms with Crippen LogP contribution in [0.3, 0.4) is 0 Å². The van der Waals surface area contributed by atoms with Crippen molar-refractivity contribution in [3.63, 3.8) is 0 Å². The third-order valence-electron chi connectivity index (χ3n) is 1.94. The smallest absolute Gasteiger partial charge is 0.0490 e. The van der Waals surface area contributed by atoms with E-state index in [1.165, 1.54) is 19.0 Å². The number of aliphatic hydroxyl groups excluding tert-OH is 1. The summed E-state index contributed by atoms with van der Waals surface area (Å²) in [6, 6.07) is 0. The van der Waals surface area contributed by atoms with Crippen molar-refractivity contribution in [2.24, 2.45) is 5.41 Å². The second-order valence-electron chi connectivity index (χ2n) is 3.40. The molecule has 0 unspecified atom stereocenters. The molecule has 0 aromatic carbocycles. The van der Waals surface area contributed by atoms with E-state index in [9.17, 15) is 0 Å². The minimum absolute atomic E-state index is 0.208. The molecule has 1 fully saturated rings. The maximum absolute atomic E-state index is 8.92. The molecular formula is C7H15OP. The van der Waals surface area contributed by atoms with Crippen LogP contribution >= 0.6 is 7.92 Å². The summed E-state index contributed by atoms with van der Waals surface area (Å²) in [7, 11) is 0.208. The SMILES string of the molecule is CP(C)CC1(CO)CC1. The lowest BCUT2D eigenvalue weighted by molar-refractivity contribution is 0.227. The Balaban J connectivity index is 2.25. The van der Waals surface area contributed by atoms with E-state index in [2.05, 4.69) is 13.3 Å². The summed E-state index contributed by atoms with van der Waals surface area (Å²) in [5.74, 6) is 0. The summed E-state index contributed by atoms with van der Waals surface area (Å²) in [5.41, 5.74) is 0.398. The van der Waals surface area contributed by atoms with Crippen LogP contribution < -0.4 is 0 Å². The lowest BCUT2D eigenvalue weighted by Crippen LogP contribution is -2.09. The highest BCUT2D eigenvalue weighted by molar-refractivity contribution is 7.56. The Bertz CT molecular complexity index is 97.1. The largest absolute Gasteiger partial charge is 0.396 e. The Morgan fingerprint density at radius 3 is 2.11 bits per heavy atom. The molecular weight excluding hydrogens is 131 g/mol. The van der Waals surface area contributed by atoms with Crippen molar-refractivity contribution >= 4 is 7.92 Å². The molecule has 54 valence electrons. The molecule has 0 heterocycles. The number of aliphatic hydroxyl groups is 1. The maximum Gasteiger partial charge on any atom is 0.0490 e. The highest BCUT2D eigenvalue weighted by Crippen LogP contribution is 2.51. The van der Waals surface area contributed by atoms with Crippen LogP contribution in [-0.2, 0) is 0 Å². The molecule has 1 saturated carbocycles. The van der Waals surface area contributed by atoms with E-state index in [-0.39, 0.29) is 7.92 Å². The molecule has 0 saturated heterocycles. The van der Waals surface area contributed by atoms with E-state index in [4.69, 9.17) is 5.11 Å². The first-order valence-corrected chi connectivity index (χ1v) is 5.86. The Morgan fingerprint density at radius 1 is 1.44 bits per heavy atom. The van der Waals surface area contributed by atoms with Crippen molar-refractivity contribution in [1.29, 1.82) is 0 Å². The Morgan fingerprint density at radius 2 is 2.00 bits per heavy atom. The van der Waals surface area contributed by atoms with E-state index in [0.717, 1.165) is 0 Å². The lowest BCUT2D eigenvalue weighted by atomic mass is 10.2. The van der Waals surface area contributed by atoms with Crippen molar-refractivity contribution < 1.29 is 5.11 Å². The van der Waals surface area contributed by atoms with Crippen LogP contribution in [0.5, 0.6) is 0 Å². The summed E-state index contributed by atoms with van der Waals surface area (Å²) < 4.78 is 0. The van der Waals surface area contributed by atoms with Crippen molar-refractivity contribution in [3.05, 3.63) is 0 Å². The monoisotopic (exact) mass is 146 g/mol. The fourth-order valence-corrected chi connectivity index (χ4v) is 2.97. The van der Waals surface area contributed by atoms with Crippen LogP contribution in [0, 0.1) is 5.41 Å². The van der Waals surface area contributed by atoms with E-state index in [1.54, 1.807) is 0 Å². The molecule has 0 radical (unpaired) electrons. The van der Waals surface area contributed by atoms with Crippen LogP contribution in [0.15, 0.2) is 0 Å². The molecule has 1 rings (SSSR count). The first-order chi connectivity index (χ1) is 4.18. The van der Waals surface area contributed by atoms with Gasteiger partial charge in [0.15, 0.2) is 0 Å². The molecule has 9 heavy (non-hydrogen) atoms. The van der Waals surface area contributed by atoms with Crippen molar-refractivity contribution in [3.8, 4) is 0 Å². The van der Waals surface area contributed by atoms with Gasteiger partial charge in [-0.1, -0.05) is 0 Å². The van der Waals surface area contributed by atoms with Gasteiger partial charge >= 0.3 is 0 Å². The van der Waals surface area contributed by atoms with Crippen molar-refractivity contribution in [2.45, 2.75) is 12.8 Å². The summed E-state index contributed by atoms with van der Waals surface area (Å²) in [6.07, 6.45) is 3.81. The topological polar surface area (TPSA) is 20.2 Å². The third kappa shape index (κ3) is 1.91. The summed E-state index contributed by atoms with van der Waals surface area (Å²) in [5, 5.41) is 8.92. The van der Waals surface area contributed by atoms with E-state index in [1.807, 2.05) is 0 Å². The minimum atomic E-state index is 0.208. The van der Waals surface area contributed by atoms with E-state index < -0.39 is 0 Å². The Labute approximate surface area is 58.2 Å². The lowest BCUT2D eigenvalue weighted by Gasteiger charge is -2.13. The van der Waals surface area contributed by atoms with Gasteiger partial charge < -0.3 is 5.11 Å². The quantitative estimate of drug-likeness (QED) is 0.598. The average Bonchev–Trinajstić information content (AvgIpc) is 2.48. The van der Waals surface area contributed by atoms with Crippen LogP contribution in [-0.4, -0.2) is 31.2 Å². The molecule has 0 amide bonds. The number of hydrogen-bond donors (Lipinski definition) is 1. The second-order valence-corrected chi connectivity index (χ2v) is 5.87. The fraction of sp³-hybridized carbons (Fsp3) is 1.00. The van der Waals surface area contributed by atoms with Gasteiger partial charge in [-0.15, -0.1) is 7.92 Å². The average molecular weight is 146 g/mol. The van der Waals surface area contributed by atoms with Crippen LogP contribution in [0.1, 0.15) is 12.8 Å². The second kappa shape index (κ2) is 2.56. The highest BCUT2D eigenvalue weighted by atomic mass is 31.1. The van der Waals surface area contributed by atoms with Gasteiger partial charge in [0.2, 0.25) is 0 Å². The van der Waals surface area contributed by atoms with E-state index >= 15 is 0 Å². The summed E-state index contributed by atoms with van der Waals surface area (Å²) >= 11 is 0. The molecule has 0 aromatic rings. The van der Waals surface area contributed by atoms with Gasteiger partial charge in [-0.3, -0.25) is 0 Å². The molecule has 0 spiro atoms. The number of rotatable bonds is 3. The predicted molar refractivity (Wildman–Crippen MR) is 42.4 cm³/mol. The van der Waals surface area contributed by atoms with Gasteiger partial charge in [-0.05, 0) is 37.7 Å². The molecule has 0 aromatic heterocycles. The molecule has 2 heteroatoms. The van der Waals surface area contributed by atoms with Crippen molar-refractivity contribution in [2.75, 3.05) is 26.1 Å². The molecule has 0 atom stereocenters. The van der Waals surface area contributed by atoms with Gasteiger partial charge in [0.1, 0.15) is 0 Å². The van der Waals surface area contributed by atoms with Crippen LogP contribution in [0.4, 0.5) is 0 Å². The summed E-state index contributed by atoms with van der Waals surface area (Å²) in [4.78, 5) is 0. The van der Waals surface area contributed by atoms with Gasteiger partial charge in [0.25, 0.3) is 0 Å². The molecule has 1 nitrogen and oxygen atoms in total. The van der Waals surface area contributed by atoms with Gasteiger partial charge in [0.05, 0.1) is 0 Å². The normalized spacial score (nSPS) is 22.7. The zero-order chi connectivity index (χ0) is 6.91. The highest BCUT2D eigenvalue weighted by Gasteiger charge is 2.41. The predicted octanol–water partition coefficient (Wildman–Crippen LogP) is 1.50. The van der Waals surface area contributed by atoms with Crippen molar-refractivity contribution in [1.82, 2.24) is 0 Å². The number of hydrogen-bond acceptors (Lipinski definition) is 1. The van der Waals surface area contributed by atoms with Crippen LogP contribution in [0.2, 0.25) is 0 Å². The molecule has 1 aliphatic carbocycles. The Kier molecular flexibility index (Phi) is 2.13. The van der Waals surface area contributed by atoms with Gasteiger partial charge in [0, 0.05) is 6.61 Å². The first kappa shape index (κ1) is 7.50. The first-order valence-electron chi connectivity index (χ1n) is 3.44. The van der Waals surface area contributed by atoms with E-state index in [0.29, 0.717) is 12.0 Å².